The molecule has 1 rings (SSSR count). The summed E-state index contributed by atoms with van der Waals surface area (Å²) >= 11 is 0. The van der Waals surface area contributed by atoms with Crippen molar-refractivity contribution in [3.8, 4) is 0 Å². The number of rotatable bonds is 3. The van der Waals surface area contributed by atoms with Gasteiger partial charge in [-0.25, -0.2) is 0 Å². The van der Waals surface area contributed by atoms with E-state index in [0.29, 0.717) is 0 Å². The first-order valence-corrected chi connectivity index (χ1v) is 3.98. The van der Waals surface area contributed by atoms with Crippen LogP contribution in [0.2, 0.25) is 0 Å². The van der Waals surface area contributed by atoms with Crippen molar-refractivity contribution in [2.75, 3.05) is 0 Å². The molecule has 0 saturated heterocycles. The van der Waals surface area contributed by atoms with Gasteiger partial charge in [-0.15, -0.1) is 0 Å². The van der Waals surface area contributed by atoms with Crippen molar-refractivity contribution in [3.05, 3.63) is 24.3 Å². The van der Waals surface area contributed by atoms with Gasteiger partial charge in [-0.1, -0.05) is 24.3 Å². The lowest BCUT2D eigenvalue weighted by atomic mass is 9.81. The summed E-state index contributed by atoms with van der Waals surface area (Å²) in [4.78, 5) is 32.0. The van der Waals surface area contributed by atoms with Gasteiger partial charge >= 0.3 is 17.9 Å². The van der Waals surface area contributed by atoms with Gasteiger partial charge < -0.3 is 15.3 Å². The minimum absolute atomic E-state index is 0.871. The van der Waals surface area contributed by atoms with Crippen molar-refractivity contribution in [2.24, 2.45) is 11.3 Å². The molecule has 0 aromatic rings. The average molecular weight is 212 g/mol. The van der Waals surface area contributed by atoms with Crippen molar-refractivity contribution in [1.29, 1.82) is 0 Å². The lowest BCUT2D eigenvalue weighted by Gasteiger charge is -2.20. The Morgan fingerprint density at radius 2 is 1.33 bits per heavy atom. The highest BCUT2D eigenvalue weighted by atomic mass is 16.4. The van der Waals surface area contributed by atoms with Crippen LogP contribution >= 0.6 is 0 Å². The topological polar surface area (TPSA) is 112 Å². The van der Waals surface area contributed by atoms with Crippen molar-refractivity contribution in [2.45, 2.75) is 0 Å². The summed E-state index contributed by atoms with van der Waals surface area (Å²) in [7, 11) is 0. The fraction of sp³-hybridized carbons (Fsp3) is 0.222. The maximum Gasteiger partial charge on any atom is 0.328 e. The first-order valence-electron chi connectivity index (χ1n) is 3.98. The van der Waals surface area contributed by atoms with Crippen LogP contribution in [0.5, 0.6) is 0 Å². The van der Waals surface area contributed by atoms with Crippen molar-refractivity contribution >= 4 is 17.9 Å². The van der Waals surface area contributed by atoms with Crippen molar-refractivity contribution in [3.63, 3.8) is 0 Å². The van der Waals surface area contributed by atoms with Crippen LogP contribution in [0.3, 0.4) is 0 Å². The third kappa shape index (κ3) is 1.74. The summed E-state index contributed by atoms with van der Waals surface area (Å²) < 4.78 is 0. The molecule has 0 atom stereocenters. The van der Waals surface area contributed by atoms with Gasteiger partial charge in [0.25, 0.3) is 0 Å². The van der Waals surface area contributed by atoms with Gasteiger partial charge in [0.1, 0.15) is 0 Å². The molecule has 3 N–H and O–H groups in total. The molecule has 80 valence electrons. The minimum atomic E-state index is -2.15. The van der Waals surface area contributed by atoms with Gasteiger partial charge in [0.15, 0.2) is 0 Å². The molecule has 15 heavy (non-hydrogen) atoms. The molecule has 6 nitrogen and oxygen atoms in total. The zero-order valence-electron chi connectivity index (χ0n) is 7.45. The molecule has 0 radical (unpaired) electrons. The zero-order chi connectivity index (χ0) is 11.6. The van der Waals surface area contributed by atoms with Crippen LogP contribution in [-0.2, 0) is 14.4 Å². The van der Waals surface area contributed by atoms with E-state index in [1.807, 2.05) is 0 Å². The van der Waals surface area contributed by atoms with E-state index < -0.39 is 29.2 Å². The Morgan fingerprint density at radius 3 is 1.60 bits per heavy atom. The first kappa shape index (κ1) is 11.0. The van der Waals surface area contributed by atoms with Crippen LogP contribution in [0, 0.1) is 11.3 Å². The van der Waals surface area contributed by atoms with E-state index in [1.54, 1.807) is 0 Å². The van der Waals surface area contributed by atoms with Gasteiger partial charge in [0.2, 0.25) is 5.41 Å². The highest BCUT2D eigenvalue weighted by Gasteiger charge is 2.43. The number of hydrogen-bond donors (Lipinski definition) is 3. The Balaban J connectivity index is 3.06. The normalized spacial score (nSPS) is 18.7. The molecule has 0 saturated carbocycles. The Morgan fingerprint density at radius 1 is 0.933 bits per heavy atom. The SMILES string of the molecule is O=C(O)C1C=CC(C(=O)O)(C(=O)O)C=C1. The molecule has 0 fully saturated rings. The molecule has 0 aromatic heterocycles. The number of carbonyl (C=O) groups is 3. The van der Waals surface area contributed by atoms with Crippen LogP contribution in [0.1, 0.15) is 0 Å². The Bertz CT molecular complexity index is 348. The summed E-state index contributed by atoms with van der Waals surface area (Å²) in [5.41, 5.74) is -2.15. The molecular weight excluding hydrogens is 204 g/mol. The third-order valence-corrected chi connectivity index (χ3v) is 2.13. The third-order valence-electron chi connectivity index (χ3n) is 2.13. The molecule has 0 unspecified atom stereocenters. The second kappa shape index (κ2) is 3.56. The molecule has 0 aromatic carbocycles. The largest absolute Gasteiger partial charge is 0.481 e. The molecule has 0 heterocycles. The van der Waals surface area contributed by atoms with Crippen LogP contribution in [0.15, 0.2) is 24.3 Å². The zero-order valence-corrected chi connectivity index (χ0v) is 7.45. The van der Waals surface area contributed by atoms with E-state index in [9.17, 15) is 14.4 Å². The summed E-state index contributed by atoms with van der Waals surface area (Å²) in [5, 5.41) is 26.1. The summed E-state index contributed by atoms with van der Waals surface area (Å²) in [5.74, 6) is -5.23. The Hall–Kier alpha value is -2.11. The molecule has 0 aliphatic heterocycles. The molecular formula is C9H8O6. The Kier molecular flexibility index (Phi) is 2.61. The van der Waals surface area contributed by atoms with Crippen LogP contribution < -0.4 is 0 Å². The van der Waals surface area contributed by atoms with Crippen LogP contribution in [-0.4, -0.2) is 33.2 Å². The molecule has 0 amide bonds. The highest BCUT2D eigenvalue weighted by molar-refractivity contribution is 6.03. The predicted octanol–water partition coefficient (Wildman–Crippen LogP) is -0.0312. The van der Waals surface area contributed by atoms with Gasteiger partial charge in [-0.3, -0.25) is 14.4 Å². The molecule has 6 heteroatoms. The number of hydrogen-bond acceptors (Lipinski definition) is 3. The minimum Gasteiger partial charge on any atom is -0.481 e. The highest BCUT2D eigenvalue weighted by Crippen LogP contribution is 2.28. The second-order valence-electron chi connectivity index (χ2n) is 3.06. The predicted molar refractivity (Wildman–Crippen MR) is 47.1 cm³/mol. The van der Waals surface area contributed by atoms with Gasteiger partial charge in [-0.2, -0.15) is 0 Å². The van der Waals surface area contributed by atoms with Crippen molar-refractivity contribution in [1.82, 2.24) is 0 Å². The van der Waals surface area contributed by atoms with Gasteiger partial charge in [0, 0.05) is 0 Å². The summed E-state index contributed by atoms with van der Waals surface area (Å²) in [6.07, 6.45) is 3.84. The van der Waals surface area contributed by atoms with E-state index in [-0.39, 0.29) is 0 Å². The molecule has 0 bridgehead atoms. The molecule has 1 aliphatic carbocycles. The molecule has 0 spiro atoms. The van der Waals surface area contributed by atoms with E-state index in [1.165, 1.54) is 0 Å². The lowest BCUT2D eigenvalue weighted by Crippen LogP contribution is -2.37. The van der Waals surface area contributed by atoms with Crippen LogP contribution in [0.25, 0.3) is 0 Å². The maximum atomic E-state index is 10.8. The fourth-order valence-electron chi connectivity index (χ4n) is 1.17. The number of carboxylic acids is 3. The number of carboxylic acid groups (broad SMARTS) is 3. The summed E-state index contributed by atoms with van der Waals surface area (Å²) in [6, 6.07) is 0. The lowest BCUT2D eigenvalue weighted by molar-refractivity contribution is -0.157. The standard InChI is InChI=1S/C9H8O6/c10-6(11)5-1-3-9(4-2-5,7(12)13)8(14)15/h1-5H,(H,10,11)(H,12,13)(H,14,15). The second-order valence-corrected chi connectivity index (χ2v) is 3.06. The average Bonchev–Trinajstić information content (AvgIpc) is 2.17. The quantitative estimate of drug-likeness (QED) is 0.447. The smallest absolute Gasteiger partial charge is 0.328 e. The van der Waals surface area contributed by atoms with Gasteiger partial charge in [-0.05, 0) is 0 Å². The van der Waals surface area contributed by atoms with E-state index in [0.717, 1.165) is 24.3 Å². The van der Waals surface area contributed by atoms with Gasteiger partial charge in [0.05, 0.1) is 5.92 Å². The summed E-state index contributed by atoms with van der Waals surface area (Å²) in [6.45, 7) is 0. The Labute approximate surface area is 84.1 Å². The monoisotopic (exact) mass is 212 g/mol. The first-order chi connectivity index (χ1) is 6.90. The van der Waals surface area contributed by atoms with Crippen LogP contribution in [0.4, 0.5) is 0 Å². The fourth-order valence-corrected chi connectivity index (χ4v) is 1.17. The maximum absolute atomic E-state index is 10.8. The molecule has 1 aliphatic rings. The van der Waals surface area contributed by atoms with E-state index in [2.05, 4.69) is 0 Å². The number of aliphatic carboxylic acids is 3. The van der Waals surface area contributed by atoms with Crippen molar-refractivity contribution < 1.29 is 29.7 Å². The van der Waals surface area contributed by atoms with E-state index in [4.69, 9.17) is 15.3 Å². The van der Waals surface area contributed by atoms with E-state index >= 15 is 0 Å².